The highest BCUT2D eigenvalue weighted by atomic mass is 16.5. The summed E-state index contributed by atoms with van der Waals surface area (Å²) < 4.78 is 10.5. The zero-order valence-electron chi connectivity index (χ0n) is 16.7. The molecule has 0 spiro atoms. The Labute approximate surface area is 167 Å². The van der Waals surface area contributed by atoms with Gasteiger partial charge in [0.2, 0.25) is 0 Å². The number of nitrogens with zero attached hydrogens (tertiary/aromatic N) is 1. The van der Waals surface area contributed by atoms with Gasteiger partial charge in [-0.2, -0.15) is 0 Å². The Morgan fingerprint density at radius 2 is 1.75 bits per heavy atom. The van der Waals surface area contributed by atoms with Gasteiger partial charge < -0.3 is 24.6 Å². The molecule has 0 saturated carbocycles. The number of quaternary nitrogens is 1. The molecule has 1 aliphatic heterocycles. The van der Waals surface area contributed by atoms with Gasteiger partial charge in [-0.15, -0.1) is 0 Å². The van der Waals surface area contributed by atoms with Crippen molar-refractivity contribution in [2.45, 2.75) is 6.42 Å². The fourth-order valence-corrected chi connectivity index (χ4v) is 3.49. The standard InChI is InChI=1S/C22H29N3O3/c1-27-20-8-6-18(7-9-20)10-11-23-22(26)17-24-12-14-25(15-13-24)19-4-3-5-21(16-19)28-2/h3-9,16H,10-15,17H2,1-2H3,(H,23,26)/p+1. The number of nitrogens with one attached hydrogen (secondary N) is 2. The van der Waals surface area contributed by atoms with Crippen LogP contribution in [-0.4, -0.2) is 59.4 Å². The molecule has 0 radical (unpaired) electrons. The molecule has 28 heavy (non-hydrogen) atoms. The van der Waals surface area contributed by atoms with Crippen LogP contribution >= 0.6 is 0 Å². The lowest BCUT2D eigenvalue weighted by molar-refractivity contribution is -0.892. The Hall–Kier alpha value is -2.73. The van der Waals surface area contributed by atoms with Crippen molar-refractivity contribution in [1.29, 1.82) is 0 Å². The summed E-state index contributed by atoms with van der Waals surface area (Å²) in [6, 6.07) is 16.1. The Balaban J connectivity index is 1.37. The molecular formula is C22H30N3O3+. The molecule has 2 N–H and O–H groups in total. The van der Waals surface area contributed by atoms with Crippen molar-refractivity contribution in [3.05, 3.63) is 54.1 Å². The summed E-state index contributed by atoms with van der Waals surface area (Å²) in [6.45, 7) is 5.01. The van der Waals surface area contributed by atoms with E-state index in [0.29, 0.717) is 13.1 Å². The number of benzene rings is 2. The summed E-state index contributed by atoms with van der Waals surface area (Å²) in [4.78, 5) is 15.9. The molecule has 0 aliphatic carbocycles. The number of anilines is 1. The zero-order chi connectivity index (χ0) is 19.8. The number of rotatable bonds is 8. The van der Waals surface area contributed by atoms with E-state index in [9.17, 15) is 4.79 Å². The van der Waals surface area contributed by atoms with Gasteiger partial charge in [-0.25, -0.2) is 0 Å². The van der Waals surface area contributed by atoms with Crippen molar-refractivity contribution in [3.8, 4) is 11.5 Å². The number of hydrogen-bond donors (Lipinski definition) is 2. The number of amides is 1. The topological polar surface area (TPSA) is 55.2 Å². The van der Waals surface area contributed by atoms with Crippen molar-refractivity contribution in [1.82, 2.24) is 5.32 Å². The first-order chi connectivity index (χ1) is 13.7. The highest BCUT2D eigenvalue weighted by Crippen LogP contribution is 2.20. The van der Waals surface area contributed by atoms with Gasteiger partial charge in [-0.05, 0) is 36.2 Å². The van der Waals surface area contributed by atoms with Gasteiger partial charge in [0.05, 0.1) is 40.4 Å². The van der Waals surface area contributed by atoms with Crippen LogP contribution in [0.2, 0.25) is 0 Å². The van der Waals surface area contributed by atoms with Crippen LogP contribution < -0.4 is 24.6 Å². The molecule has 1 saturated heterocycles. The largest absolute Gasteiger partial charge is 0.497 e. The van der Waals surface area contributed by atoms with Crippen LogP contribution in [0, 0.1) is 0 Å². The second kappa shape index (κ2) is 9.99. The number of piperazine rings is 1. The van der Waals surface area contributed by atoms with Crippen LogP contribution in [0.25, 0.3) is 0 Å². The van der Waals surface area contributed by atoms with E-state index in [2.05, 4.69) is 22.3 Å². The van der Waals surface area contributed by atoms with Gasteiger partial charge in [0, 0.05) is 18.3 Å². The molecule has 0 unspecified atom stereocenters. The minimum Gasteiger partial charge on any atom is -0.497 e. The first-order valence-electron chi connectivity index (χ1n) is 9.80. The van der Waals surface area contributed by atoms with Crippen molar-refractivity contribution in [2.75, 3.05) is 58.4 Å². The number of carbonyl (C=O) groups excluding carboxylic acids is 1. The molecule has 0 bridgehead atoms. The van der Waals surface area contributed by atoms with Crippen LogP contribution in [-0.2, 0) is 11.2 Å². The van der Waals surface area contributed by atoms with Gasteiger partial charge in [-0.3, -0.25) is 4.79 Å². The third kappa shape index (κ3) is 5.63. The molecular weight excluding hydrogens is 354 g/mol. The Morgan fingerprint density at radius 3 is 2.43 bits per heavy atom. The summed E-state index contributed by atoms with van der Waals surface area (Å²) in [5.41, 5.74) is 2.38. The maximum absolute atomic E-state index is 12.3. The summed E-state index contributed by atoms with van der Waals surface area (Å²) in [7, 11) is 3.35. The van der Waals surface area contributed by atoms with E-state index in [-0.39, 0.29) is 5.91 Å². The van der Waals surface area contributed by atoms with Crippen LogP contribution in [0.15, 0.2) is 48.5 Å². The fourth-order valence-electron chi connectivity index (χ4n) is 3.49. The fraction of sp³-hybridized carbons (Fsp3) is 0.409. The Bertz CT molecular complexity index is 756. The van der Waals surface area contributed by atoms with Gasteiger partial charge in [-0.1, -0.05) is 18.2 Å². The molecule has 6 heteroatoms. The van der Waals surface area contributed by atoms with Crippen LogP contribution in [0.4, 0.5) is 5.69 Å². The average molecular weight is 385 g/mol. The van der Waals surface area contributed by atoms with E-state index in [0.717, 1.165) is 44.1 Å². The lowest BCUT2D eigenvalue weighted by Crippen LogP contribution is -3.16. The smallest absolute Gasteiger partial charge is 0.275 e. The molecule has 2 aromatic rings. The number of methoxy groups -OCH3 is 2. The Kier molecular flexibility index (Phi) is 7.14. The van der Waals surface area contributed by atoms with Gasteiger partial charge in [0.25, 0.3) is 5.91 Å². The van der Waals surface area contributed by atoms with E-state index in [1.54, 1.807) is 14.2 Å². The molecule has 3 rings (SSSR count). The summed E-state index contributed by atoms with van der Waals surface area (Å²) >= 11 is 0. The van der Waals surface area contributed by atoms with Gasteiger partial charge in [0.1, 0.15) is 11.5 Å². The average Bonchev–Trinajstić information content (AvgIpc) is 2.75. The molecule has 6 nitrogen and oxygen atoms in total. The van der Waals surface area contributed by atoms with E-state index in [1.165, 1.54) is 16.2 Å². The maximum atomic E-state index is 12.3. The first kappa shape index (κ1) is 20.0. The molecule has 1 aliphatic rings. The minimum absolute atomic E-state index is 0.123. The summed E-state index contributed by atoms with van der Waals surface area (Å²) in [5.74, 6) is 1.85. The maximum Gasteiger partial charge on any atom is 0.275 e. The van der Waals surface area contributed by atoms with Gasteiger partial charge >= 0.3 is 0 Å². The van der Waals surface area contributed by atoms with Crippen molar-refractivity contribution < 1.29 is 19.2 Å². The van der Waals surface area contributed by atoms with Crippen molar-refractivity contribution in [3.63, 3.8) is 0 Å². The van der Waals surface area contributed by atoms with Crippen LogP contribution in [0.5, 0.6) is 11.5 Å². The summed E-state index contributed by atoms with van der Waals surface area (Å²) in [6.07, 6.45) is 0.828. The number of carbonyl (C=O) groups is 1. The molecule has 1 fully saturated rings. The van der Waals surface area contributed by atoms with E-state index in [1.807, 2.05) is 36.4 Å². The van der Waals surface area contributed by atoms with Crippen LogP contribution in [0.1, 0.15) is 5.56 Å². The van der Waals surface area contributed by atoms with E-state index >= 15 is 0 Å². The second-order valence-electron chi connectivity index (χ2n) is 7.06. The predicted octanol–water partition coefficient (Wildman–Crippen LogP) is 0.768. The third-order valence-corrected chi connectivity index (χ3v) is 5.19. The van der Waals surface area contributed by atoms with E-state index in [4.69, 9.17) is 9.47 Å². The minimum atomic E-state index is 0.123. The lowest BCUT2D eigenvalue weighted by Gasteiger charge is -2.33. The quantitative estimate of drug-likeness (QED) is 0.706. The zero-order valence-corrected chi connectivity index (χ0v) is 16.7. The highest BCUT2D eigenvalue weighted by molar-refractivity contribution is 5.76. The second-order valence-corrected chi connectivity index (χ2v) is 7.06. The third-order valence-electron chi connectivity index (χ3n) is 5.19. The molecule has 150 valence electrons. The van der Waals surface area contributed by atoms with Gasteiger partial charge in [0.15, 0.2) is 6.54 Å². The monoisotopic (exact) mass is 384 g/mol. The normalized spacial score (nSPS) is 14.6. The number of hydrogen-bond acceptors (Lipinski definition) is 4. The molecule has 0 atom stereocenters. The van der Waals surface area contributed by atoms with E-state index < -0.39 is 0 Å². The molecule has 2 aromatic carbocycles. The molecule has 1 amide bonds. The SMILES string of the molecule is COc1ccc(CCNC(=O)C[NH+]2CCN(c3cccc(OC)c3)CC2)cc1. The first-order valence-corrected chi connectivity index (χ1v) is 9.80. The molecule has 0 aromatic heterocycles. The number of ether oxygens (including phenoxy) is 2. The van der Waals surface area contributed by atoms with Crippen molar-refractivity contribution >= 4 is 11.6 Å². The molecule has 1 heterocycles. The lowest BCUT2D eigenvalue weighted by atomic mass is 10.1. The predicted molar refractivity (Wildman–Crippen MR) is 110 cm³/mol. The van der Waals surface area contributed by atoms with Crippen molar-refractivity contribution in [2.24, 2.45) is 0 Å². The Morgan fingerprint density at radius 1 is 1.04 bits per heavy atom. The summed E-state index contributed by atoms with van der Waals surface area (Å²) in [5, 5.41) is 3.04. The van der Waals surface area contributed by atoms with Crippen LogP contribution in [0.3, 0.4) is 0 Å². The highest BCUT2D eigenvalue weighted by Gasteiger charge is 2.22.